The van der Waals surface area contributed by atoms with Crippen LogP contribution in [0.4, 0.5) is 5.69 Å². The van der Waals surface area contributed by atoms with Crippen LogP contribution in [0.1, 0.15) is 38.1 Å². The third-order valence-electron chi connectivity index (χ3n) is 3.32. The Kier molecular flexibility index (Phi) is 5.54. The molecular weight excluding hydrogens is 334 g/mol. The molecule has 1 atom stereocenters. The summed E-state index contributed by atoms with van der Waals surface area (Å²) in [5, 5.41) is 11.7. The van der Waals surface area contributed by atoms with Gasteiger partial charge in [0.15, 0.2) is 5.82 Å². The molecule has 2 rings (SSSR count). The van der Waals surface area contributed by atoms with Gasteiger partial charge in [-0.2, -0.15) is 0 Å². The van der Waals surface area contributed by atoms with Crippen LogP contribution < -0.4 is 11.2 Å². The van der Waals surface area contributed by atoms with Gasteiger partial charge in [0.1, 0.15) is 0 Å². The zero-order valence-corrected chi connectivity index (χ0v) is 15.1. The molecule has 1 heterocycles. The number of rotatable bonds is 5. The highest BCUT2D eigenvalue weighted by Crippen LogP contribution is 2.25. The number of hydrogen-bond donors (Lipinski definition) is 2. The van der Waals surface area contributed by atoms with Gasteiger partial charge in [0, 0.05) is 16.6 Å². The first-order chi connectivity index (χ1) is 10.8. The molecule has 1 amide bonds. The van der Waals surface area contributed by atoms with Gasteiger partial charge >= 0.3 is 0 Å². The Morgan fingerprint density at radius 1 is 1.35 bits per heavy atom. The Bertz CT molecular complexity index is 716. The number of nitrogens with zero attached hydrogens (tertiary/aromatic N) is 3. The number of amides is 1. The highest BCUT2D eigenvalue weighted by atomic mass is 35.5. The Hall–Kier alpha value is -1.73. The normalized spacial score (nSPS) is 12.4. The molecule has 0 saturated carbocycles. The van der Waals surface area contributed by atoms with E-state index < -0.39 is 0 Å². The van der Waals surface area contributed by atoms with E-state index in [9.17, 15) is 4.79 Å². The molecule has 124 valence electrons. The molecule has 0 aliphatic rings. The van der Waals surface area contributed by atoms with Gasteiger partial charge < -0.3 is 11.2 Å². The summed E-state index contributed by atoms with van der Waals surface area (Å²) in [5.74, 6) is 6.68. The van der Waals surface area contributed by atoms with E-state index in [0.29, 0.717) is 21.7 Å². The number of thioether (sulfide) groups is 1. The number of carbonyl (C=O) groups excluding carboxylic acids is 1. The maximum absolute atomic E-state index is 12.4. The fourth-order valence-electron chi connectivity index (χ4n) is 1.94. The topological polar surface area (TPSA) is 85.8 Å². The fraction of sp³-hybridized carbons (Fsp3) is 0.400. The number of carbonyl (C=O) groups is 1. The predicted molar refractivity (Wildman–Crippen MR) is 94.4 cm³/mol. The minimum Gasteiger partial charge on any atom is -0.336 e. The first-order valence-electron chi connectivity index (χ1n) is 7.23. The number of benzene rings is 1. The van der Waals surface area contributed by atoms with Crippen molar-refractivity contribution in [1.82, 2.24) is 14.9 Å². The molecule has 0 aliphatic heterocycles. The molecule has 1 aromatic carbocycles. The number of nitrogens with one attached hydrogen (secondary N) is 1. The number of aryl methyl sites for hydroxylation is 1. The quantitative estimate of drug-likeness (QED) is 0.636. The fourth-order valence-corrected chi connectivity index (χ4v) is 2.89. The molecule has 0 saturated heterocycles. The summed E-state index contributed by atoms with van der Waals surface area (Å²) in [5.41, 5.74) is 1.65. The second-order valence-electron chi connectivity index (χ2n) is 5.57. The number of anilines is 1. The van der Waals surface area contributed by atoms with Gasteiger partial charge in [-0.15, -0.1) is 10.2 Å². The Morgan fingerprint density at radius 2 is 2.04 bits per heavy atom. The number of nitrogens with two attached hydrogens (primary N) is 1. The molecule has 0 aliphatic carbocycles. The van der Waals surface area contributed by atoms with E-state index in [1.54, 1.807) is 19.1 Å². The smallest absolute Gasteiger partial charge is 0.237 e. The Balaban J connectivity index is 2.07. The van der Waals surface area contributed by atoms with Crippen LogP contribution in [0, 0.1) is 6.92 Å². The van der Waals surface area contributed by atoms with Crippen LogP contribution in [0.5, 0.6) is 0 Å². The zero-order valence-electron chi connectivity index (χ0n) is 13.5. The van der Waals surface area contributed by atoms with Crippen LogP contribution in [0.25, 0.3) is 0 Å². The van der Waals surface area contributed by atoms with Crippen LogP contribution in [-0.2, 0) is 4.79 Å². The third kappa shape index (κ3) is 4.17. The molecule has 3 N–H and O–H groups in total. The van der Waals surface area contributed by atoms with Crippen molar-refractivity contribution in [3.8, 4) is 0 Å². The summed E-state index contributed by atoms with van der Waals surface area (Å²) in [6.45, 7) is 7.68. The van der Waals surface area contributed by atoms with Crippen LogP contribution in [0.2, 0.25) is 5.02 Å². The Labute approximate surface area is 144 Å². The minimum absolute atomic E-state index is 0.144. The minimum atomic E-state index is -0.375. The summed E-state index contributed by atoms with van der Waals surface area (Å²) >= 11 is 7.23. The van der Waals surface area contributed by atoms with Crippen molar-refractivity contribution in [2.75, 3.05) is 11.2 Å². The van der Waals surface area contributed by atoms with Gasteiger partial charge in [-0.05, 0) is 31.5 Å². The SMILES string of the molecule is Cc1ccc(Cl)cc1NC(=O)[C@H](C)Sc1nnc(C(C)C)n1N. The average Bonchev–Trinajstić information content (AvgIpc) is 2.84. The molecule has 8 heteroatoms. The van der Waals surface area contributed by atoms with E-state index in [0.717, 1.165) is 5.56 Å². The van der Waals surface area contributed by atoms with Gasteiger partial charge in [-0.3, -0.25) is 4.79 Å². The van der Waals surface area contributed by atoms with Gasteiger partial charge in [0.25, 0.3) is 0 Å². The van der Waals surface area contributed by atoms with Crippen molar-refractivity contribution < 1.29 is 4.79 Å². The van der Waals surface area contributed by atoms with Crippen LogP contribution >= 0.6 is 23.4 Å². The van der Waals surface area contributed by atoms with Crippen LogP contribution in [0.3, 0.4) is 0 Å². The van der Waals surface area contributed by atoms with E-state index in [-0.39, 0.29) is 17.1 Å². The zero-order chi connectivity index (χ0) is 17.1. The molecule has 0 fully saturated rings. The lowest BCUT2D eigenvalue weighted by Crippen LogP contribution is -2.24. The molecule has 0 radical (unpaired) electrons. The highest BCUT2D eigenvalue weighted by Gasteiger charge is 2.20. The van der Waals surface area contributed by atoms with E-state index in [1.165, 1.54) is 16.4 Å². The molecule has 6 nitrogen and oxygen atoms in total. The Morgan fingerprint density at radius 3 is 2.65 bits per heavy atom. The first-order valence-corrected chi connectivity index (χ1v) is 8.49. The highest BCUT2D eigenvalue weighted by molar-refractivity contribution is 8.00. The van der Waals surface area contributed by atoms with E-state index >= 15 is 0 Å². The maximum Gasteiger partial charge on any atom is 0.237 e. The monoisotopic (exact) mass is 353 g/mol. The molecule has 0 unspecified atom stereocenters. The summed E-state index contributed by atoms with van der Waals surface area (Å²) in [7, 11) is 0. The van der Waals surface area contributed by atoms with Gasteiger partial charge in [0.2, 0.25) is 11.1 Å². The number of hydrogen-bond acceptors (Lipinski definition) is 5. The van der Waals surface area contributed by atoms with Crippen molar-refractivity contribution in [3.63, 3.8) is 0 Å². The average molecular weight is 354 g/mol. The number of halogens is 1. The number of nitrogen functional groups attached to an aromatic ring is 1. The molecule has 1 aromatic heterocycles. The molecule has 23 heavy (non-hydrogen) atoms. The lowest BCUT2D eigenvalue weighted by Gasteiger charge is -2.13. The van der Waals surface area contributed by atoms with Crippen molar-refractivity contribution in [2.45, 2.75) is 44.0 Å². The summed E-state index contributed by atoms with van der Waals surface area (Å²) < 4.78 is 1.43. The molecule has 2 aromatic rings. The van der Waals surface area contributed by atoms with Crippen molar-refractivity contribution in [2.24, 2.45) is 0 Å². The lowest BCUT2D eigenvalue weighted by atomic mass is 10.2. The third-order valence-corrected chi connectivity index (χ3v) is 4.61. The van der Waals surface area contributed by atoms with Crippen molar-refractivity contribution >= 4 is 35.0 Å². The maximum atomic E-state index is 12.4. The van der Waals surface area contributed by atoms with Crippen molar-refractivity contribution in [1.29, 1.82) is 0 Å². The van der Waals surface area contributed by atoms with E-state index in [1.807, 2.05) is 26.8 Å². The summed E-state index contributed by atoms with van der Waals surface area (Å²) in [4.78, 5) is 12.4. The van der Waals surface area contributed by atoms with Crippen LogP contribution in [0.15, 0.2) is 23.4 Å². The molecule has 0 spiro atoms. The standard InChI is InChI=1S/C15H20ClN5OS/c1-8(2)13-19-20-15(21(13)17)23-10(4)14(22)18-12-7-11(16)6-5-9(12)3/h5-8,10H,17H2,1-4H3,(H,18,22)/t10-/m0/s1. The van der Waals surface area contributed by atoms with Gasteiger partial charge in [0.05, 0.1) is 5.25 Å². The lowest BCUT2D eigenvalue weighted by molar-refractivity contribution is -0.115. The second kappa shape index (κ2) is 7.23. The molecule has 0 bridgehead atoms. The summed E-state index contributed by atoms with van der Waals surface area (Å²) in [6, 6.07) is 5.38. The van der Waals surface area contributed by atoms with Crippen molar-refractivity contribution in [3.05, 3.63) is 34.6 Å². The largest absolute Gasteiger partial charge is 0.336 e. The first kappa shape index (κ1) is 17.6. The second-order valence-corrected chi connectivity index (χ2v) is 7.32. The van der Waals surface area contributed by atoms with Crippen LogP contribution in [-0.4, -0.2) is 26.0 Å². The number of aromatic nitrogens is 3. The predicted octanol–water partition coefficient (Wildman–Crippen LogP) is 3.20. The van der Waals surface area contributed by atoms with Gasteiger partial charge in [-0.1, -0.05) is 43.3 Å². The van der Waals surface area contributed by atoms with E-state index in [2.05, 4.69) is 15.5 Å². The molecular formula is C15H20ClN5OS. The summed E-state index contributed by atoms with van der Waals surface area (Å²) in [6.07, 6.45) is 0. The van der Waals surface area contributed by atoms with Gasteiger partial charge in [-0.25, -0.2) is 4.68 Å². The van der Waals surface area contributed by atoms with E-state index in [4.69, 9.17) is 17.4 Å².